The highest BCUT2D eigenvalue weighted by molar-refractivity contribution is 5.73. The van der Waals surface area contributed by atoms with Gasteiger partial charge >= 0.3 is 0 Å². The molecule has 3 heteroatoms. The summed E-state index contributed by atoms with van der Waals surface area (Å²) < 4.78 is 29.6. The van der Waals surface area contributed by atoms with E-state index in [2.05, 4.69) is 25.7 Å². The summed E-state index contributed by atoms with van der Waals surface area (Å²) in [6.07, 6.45) is 9.74. The Labute approximate surface area is 157 Å². The average molecular weight is 360 g/mol. The van der Waals surface area contributed by atoms with Crippen LogP contribution in [0.5, 0.6) is 0 Å². The van der Waals surface area contributed by atoms with Gasteiger partial charge in [0.05, 0.1) is 11.3 Å². The van der Waals surface area contributed by atoms with Gasteiger partial charge in [-0.25, -0.2) is 8.78 Å². The third-order valence-corrected chi connectivity index (χ3v) is 4.55. The number of allylic oxidation sites excluding steroid dienone is 6. The maximum atomic E-state index is 14.8. The van der Waals surface area contributed by atoms with Gasteiger partial charge in [0.15, 0.2) is 0 Å². The van der Waals surface area contributed by atoms with Crippen LogP contribution in [0.25, 0.3) is 5.70 Å². The molecule has 142 valence electrons. The summed E-state index contributed by atoms with van der Waals surface area (Å²) in [5, 5.41) is 3.05. The molecule has 0 radical (unpaired) electrons. The Kier molecular flexibility index (Phi) is 9.04. The molecule has 0 aliphatic heterocycles. The van der Waals surface area contributed by atoms with E-state index < -0.39 is 11.6 Å². The summed E-state index contributed by atoms with van der Waals surface area (Å²) in [7, 11) is 1.71. The number of benzene rings is 1. The Bertz CT molecular complexity index is 688. The molecule has 1 nitrogen and oxygen atoms in total. The summed E-state index contributed by atoms with van der Waals surface area (Å²) >= 11 is 0. The first kappa shape index (κ1) is 21.9. The van der Waals surface area contributed by atoms with Crippen LogP contribution in [-0.2, 0) is 6.42 Å². The van der Waals surface area contributed by atoms with Crippen molar-refractivity contribution in [3.8, 4) is 0 Å². The predicted octanol–water partition coefficient (Wildman–Crippen LogP) is 6.58. The minimum absolute atomic E-state index is 0.00229. The van der Waals surface area contributed by atoms with Gasteiger partial charge in [-0.1, -0.05) is 58.1 Å². The van der Waals surface area contributed by atoms with E-state index in [1.54, 1.807) is 13.1 Å². The van der Waals surface area contributed by atoms with Crippen molar-refractivity contribution < 1.29 is 8.78 Å². The van der Waals surface area contributed by atoms with Crippen molar-refractivity contribution in [1.82, 2.24) is 5.32 Å². The summed E-state index contributed by atoms with van der Waals surface area (Å²) in [6.45, 7) is 11.8. The zero-order valence-corrected chi connectivity index (χ0v) is 16.6. The lowest BCUT2D eigenvalue weighted by Gasteiger charge is -2.21. The predicted molar refractivity (Wildman–Crippen MR) is 109 cm³/mol. The third kappa shape index (κ3) is 5.42. The van der Waals surface area contributed by atoms with Crippen LogP contribution in [0.1, 0.15) is 51.7 Å². The molecule has 0 heterocycles. The minimum Gasteiger partial charge on any atom is -0.387 e. The Morgan fingerprint density at radius 2 is 1.85 bits per heavy atom. The molecular weight excluding hydrogens is 328 g/mol. The largest absolute Gasteiger partial charge is 0.387 e. The molecule has 0 bridgehead atoms. The zero-order valence-electron chi connectivity index (χ0n) is 16.6. The van der Waals surface area contributed by atoms with Crippen LogP contribution in [0.2, 0.25) is 0 Å². The minimum atomic E-state index is -0.536. The second-order valence-corrected chi connectivity index (χ2v) is 6.47. The van der Waals surface area contributed by atoms with Gasteiger partial charge in [0.25, 0.3) is 0 Å². The first-order chi connectivity index (χ1) is 12.4. The van der Waals surface area contributed by atoms with Gasteiger partial charge in [0.1, 0.15) is 11.6 Å². The Morgan fingerprint density at radius 1 is 1.23 bits per heavy atom. The number of halogens is 2. The van der Waals surface area contributed by atoms with Gasteiger partial charge in [-0.05, 0) is 54.5 Å². The maximum absolute atomic E-state index is 14.8. The van der Waals surface area contributed by atoms with Crippen molar-refractivity contribution in [3.63, 3.8) is 0 Å². The molecule has 0 saturated carbocycles. The van der Waals surface area contributed by atoms with Crippen LogP contribution in [0.4, 0.5) is 8.78 Å². The molecule has 0 aromatic heterocycles. The number of nitrogens with one attached hydrogen (secondary N) is 1. The van der Waals surface area contributed by atoms with Crippen molar-refractivity contribution in [1.29, 1.82) is 0 Å². The normalized spacial score (nSPS) is 14.3. The van der Waals surface area contributed by atoms with Crippen molar-refractivity contribution >= 4 is 5.70 Å². The lowest BCUT2D eigenvalue weighted by molar-refractivity contribution is 0.555. The first-order valence-corrected chi connectivity index (χ1v) is 9.28. The van der Waals surface area contributed by atoms with E-state index in [0.717, 1.165) is 17.6 Å². The summed E-state index contributed by atoms with van der Waals surface area (Å²) in [4.78, 5) is 0. The second kappa shape index (κ2) is 10.7. The highest BCUT2D eigenvalue weighted by Gasteiger charge is 2.20. The molecule has 26 heavy (non-hydrogen) atoms. The molecule has 0 fully saturated rings. The molecule has 0 aliphatic rings. The van der Waals surface area contributed by atoms with Gasteiger partial charge in [0.2, 0.25) is 0 Å². The monoisotopic (exact) mass is 359 g/mol. The standard InChI is InChI=1S/C23H31F2N/c1-7-11-18(12-8-2)19(13-16(5)9-3)23(26-6)22-20(24)14-17(10-4)15-21(22)25/h7-8,11-12,14-16,26H,1,9-10,13H2,2-6H3/b12-8-,18-11+,23-19+. The Hall–Kier alpha value is -2.16. The molecule has 1 N–H and O–H groups in total. The van der Waals surface area contributed by atoms with E-state index in [9.17, 15) is 8.78 Å². The molecule has 1 atom stereocenters. The van der Waals surface area contributed by atoms with Crippen LogP contribution in [0.15, 0.2) is 54.2 Å². The van der Waals surface area contributed by atoms with E-state index in [4.69, 9.17) is 0 Å². The third-order valence-electron chi connectivity index (χ3n) is 4.55. The van der Waals surface area contributed by atoms with Gasteiger partial charge in [-0.2, -0.15) is 0 Å². The molecule has 0 aliphatic carbocycles. The number of hydrogen-bond acceptors (Lipinski definition) is 1. The molecule has 0 saturated heterocycles. The number of hydrogen-bond donors (Lipinski definition) is 1. The topological polar surface area (TPSA) is 12.0 Å². The smallest absolute Gasteiger partial charge is 0.135 e. The Morgan fingerprint density at radius 3 is 2.27 bits per heavy atom. The van der Waals surface area contributed by atoms with Crippen LogP contribution in [0, 0.1) is 17.6 Å². The van der Waals surface area contributed by atoms with Gasteiger partial charge < -0.3 is 5.32 Å². The lowest BCUT2D eigenvalue weighted by atomic mass is 9.89. The van der Waals surface area contributed by atoms with Crippen molar-refractivity contribution in [2.24, 2.45) is 5.92 Å². The number of rotatable bonds is 9. The fraction of sp³-hybridized carbons (Fsp3) is 0.391. The maximum Gasteiger partial charge on any atom is 0.135 e. The van der Waals surface area contributed by atoms with E-state index in [1.807, 2.05) is 32.1 Å². The molecule has 1 rings (SSSR count). The number of aryl methyl sites for hydroxylation is 1. The molecule has 0 amide bonds. The Balaban J connectivity index is 3.76. The summed E-state index contributed by atoms with van der Waals surface area (Å²) in [5.41, 5.74) is 2.95. The quantitative estimate of drug-likeness (QED) is 0.491. The second-order valence-electron chi connectivity index (χ2n) is 6.47. The van der Waals surface area contributed by atoms with Crippen molar-refractivity contribution in [2.75, 3.05) is 7.05 Å². The first-order valence-electron chi connectivity index (χ1n) is 9.28. The molecule has 0 spiro atoms. The highest BCUT2D eigenvalue weighted by atomic mass is 19.1. The van der Waals surface area contributed by atoms with Gasteiger partial charge in [-0.3, -0.25) is 0 Å². The fourth-order valence-electron chi connectivity index (χ4n) is 2.92. The lowest BCUT2D eigenvalue weighted by Crippen LogP contribution is -2.14. The van der Waals surface area contributed by atoms with E-state index in [1.165, 1.54) is 12.1 Å². The van der Waals surface area contributed by atoms with Gasteiger partial charge in [0, 0.05) is 7.05 Å². The van der Waals surface area contributed by atoms with Crippen LogP contribution >= 0.6 is 0 Å². The molecular formula is C23H31F2N. The van der Waals surface area contributed by atoms with Crippen LogP contribution in [0.3, 0.4) is 0 Å². The van der Waals surface area contributed by atoms with E-state index in [0.29, 0.717) is 30.0 Å². The van der Waals surface area contributed by atoms with E-state index in [-0.39, 0.29) is 5.56 Å². The van der Waals surface area contributed by atoms with E-state index >= 15 is 0 Å². The highest BCUT2D eigenvalue weighted by Crippen LogP contribution is 2.32. The summed E-state index contributed by atoms with van der Waals surface area (Å²) in [6, 6.07) is 2.84. The van der Waals surface area contributed by atoms with Crippen molar-refractivity contribution in [3.05, 3.63) is 76.9 Å². The molecule has 1 aromatic carbocycles. The zero-order chi connectivity index (χ0) is 19.7. The van der Waals surface area contributed by atoms with Crippen LogP contribution in [-0.4, -0.2) is 7.05 Å². The average Bonchev–Trinajstić information content (AvgIpc) is 2.62. The summed E-state index contributed by atoms with van der Waals surface area (Å²) in [5.74, 6) is -0.689. The van der Waals surface area contributed by atoms with Crippen molar-refractivity contribution in [2.45, 2.75) is 47.0 Å². The SMILES string of the molecule is C=C/C=C(\C=C/C)C(/CC(C)CC)=C(/NC)c1c(F)cc(CC)cc1F. The molecule has 1 unspecified atom stereocenters. The fourth-order valence-corrected chi connectivity index (χ4v) is 2.92. The molecule has 1 aromatic rings. The van der Waals surface area contributed by atoms with Gasteiger partial charge in [-0.15, -0.1) is 0 Å². The van der Waals surface area contributed by atoms with Crippen LogP contribution < -0.4 is 5.32 Å².